The van der Waals surface area contributed by atoms with Crippen LogP contribution in [-0.4, -0.2) is 27.9 Å². The molecule has 0 aliphatic heterocycles. The maximum absolute atomic E-state index is 12.4. The summed E-state index contributed by atoms with van der Waals surface area (Å²) in [7, 11) is 0. The largest absolute Gasteiger partial charge is 0.449 e. The Hall–Kier alpha value is -2.80. The number of hydrogen-bond donors (Lipinski definition) is 1. The standard InChI is InChI=1S/C18H14BrN3O3/c1-11(17(23)22-14-7-3-2-6-13(14)19)25-18(24)12-5-4-8-15-16(12)21-10-9-20-15/h2-11H,1H3,(H,22,23). The molecule has 1 heterocycles. The number of hydrogen-bond acceptors (Lipinski definition) is 5. The molecular formula is C18H14BrN3O3. The number of anilines is 1. The first kappa shape index (κ1) is 17.0. The molecule has 2 aromatic carbocycles. The van der Waals surface area contributed by atoms with Gasteiger partial charge in [-0.2, -0.15) is 0 Å². The topological polar surface area (TPSA) is 81.2 Å². The highest BCUT2D eigenvalue weighted by atomic mass is 79.9. The number of benzene rings is 2. The number of ether oxygens (including phenoxy) is 1. The van der Waals surface area contributed by atoms with E-state index >= 15 is 0 Å². The van der Waals surface area contributed by atoms with Crippen molar-refractivity contribution in [1.29, 1.82) is 0 Å². The summed E-state index contributed by atoms with van der Waals surface area (Å²) in [5.74, 6) is -1.05. The lowest BCUT2D eigenvalue weighted by Gasteiger charge is -2.14. The second kappa shape index (κ2) is 7.40. The molecule has 0 saturated heterocycles. The Labute approximate surface area is 152 Å². The van der Waals surface area contributed by atoms with Crippen LogP contribution >= 0.6 is 15.9 Å². The normalized spacial score (nSPS) is 11.8. The lowest BCUT2D eigenvalue weighted by Crippen LogP contribution is -2.30. The number of aromatic nitrogens is 2. The molecule has 0 radical (unpaired) electrons. The van der Waals surface area contributed by atoms with E-state index in [1.807, 2.05) is 6.07 Å². The molecule has 126 valence electrons. The molecule has 7 heteroatoms. The molecule has 0 spiro atoms. The zero-order valence-corrected chi connectivity index (χ0v) is 14.9. The molecule has 1 amide bonds. The van der Waals surface area contributed by atoms with E-state index in [-0.39, 0.29) is 5.56 Å². The number of esters is 1. The second-order valence-corrected chi connectivity index (χ2v) is 6.10. The fraction of sp³-hybridized carbons (Fsp3) is 0.111. The second-order valence-electron chi connectivity index (χ2n) is 5.25. The Morgan fingerprint density at radius 2 is 1.84 bits per heavy atom. The predicted molar refractivity (Wildman–Crippen MR) is 97.2 cm³/mol. The number of rotatable bonds is 4. The van der Waals surface area contributed by atoms with Gasteiger partial charge in [-0.1, -0.05) is 18.2 Å². The van der Waals surface area contributed by atoms with Gasteiger partial charge in [0.1, 0.15) is 5.52 Å². The molecular weight excluding hydrogens is 386 g/mol. The van der Waals surface area contributed by atoms with Gasteiger partial charge in [-0.25, -0.2) is 4.79 Å². The van der Waals surface area contributed by atoms with Gasteiger partial charge < -0.3 is 10.1 Å². The van der Waals surface area contributed by atoms with Crippen LogP contribution in [0, 0.1) is 0 Å². The van der Waals surface area contributed by atoms with Crippen molar-refractivity contribution in [3.05, 3.63) is 64.9 Å². The minimum absolute atomic E-state index is 0.270. The van der Waals surface area contributed by atoms with Crippen LogP contribution in [0.25, 0.3) is 11.0 Å². The highest BCUT2D eigenvalue weighted by Gasteiger charge is 2.21. The third-order valence-corrected chi connectivity index (χ3v) is 4.19. The summed E-state index contributed by atoms with van der Waals surface area (Å²) in [5, 5.41) is 2.71. The molecule has 0 aliphatic rings. The van der Waals surface area contributed by atoms with Gasteiger partial charge in [-0.15, -0.1) is 0 Å². The molecule has 1 N–H and O–H groups in total. The van der Waals surface area contributed by atoms with Crippen LogP contribution in [0.5, 0.6) is 0 Å². The van der Waals surface area contributed by atoms with Gasteiger partial charge in [-0.05, 0) is 47.1 Å². The third kappa shape index (κ3) is 3.83. The van der Waals surface area contributed by atoms with Crippen molar-refractivity contribution in [1.82, 2.24) is 9.97 Å². The molecule has 3 aromatic rings. The Morgan fingerprint density at radius 1 is 1.08 bits per heavy atom. The van der Waals surface area contributed by atoms with Crippen molar-refractivity contribution in [3.63, 3.8) is 0 Å². The number of amides is 1. The van der Waals surface area contributed by atoms with E-state index in [0.717, 1.165) is 4.47 Å². The summed E-state index contributed by atoms with van der Waals surface area (Å²) in [5.41, 5.74) is 1.90. The SMILES string of the molecule is CC(OC(=O)c1cccc2nccnc12)C(=O)Nc1ccccc1Br. The first-order valence-corrected chi connectivity index (χ1v) is 8.31. The minimum atomic E-state index is -0.966. The number of halogens is 1. The summed E-state index contributed by atoms with van der Waals surface area (Å²) in [6.45, 7) is 1.51. The Kier molecular flexibility index (Phi) is 5.04. The van der Waals surface area contributed by atoms with Crippen LogP contribution in [0.3, 0.4) is 0 Å². The number of nitrogens with one attached hydrogen (secondary N) is 1. The molecule has 6 nitrogen and oxygen atoms in total. The van der Waals surface area contributed by atoms with E-state index in [2.05, 4.69) is 31.2 Å². The van der Waals surface area contributed by atoms with Gasteiger partial charge in [0.05, 0.1) is 16.8 Å². The van der Waals surface area contributed by atoms with E-state index in [1.165, 1.54) is 13.1 Å². The summed E-state index contributed by atoms with van der Waals surface area (Å²) < 4.78 is 6.03. The lowest BCUT2D eigenvalue weighted by molar-refractivity contribution is -0.123. The van der Waals surface area contributed by atoms with Crippen LogP contribution in [0.2, 0.25) is 0 Å². The zero-order valence-electron chi connectivity index (χ0n) is 13.3. The van der Waals surface area contributed by atoms with Crippen molar-refractivity contribution in [2.24, 2.45) is 0 Å². The number of carbonyl (C=O) groups is 2. The van der Waals surface area contributed by atoms with E-state index in [0.29, 0.717) is 16.7 Å². The first-order valence-electron chi connectivity index (χ1n) is 7.52. The fourth-order valence-corrected chi connectivity index (χ4v) is 2.62. The number of nitrogens with zero attached hydrogens (tertiary/aromatic N) is 2. The van der Waals surface area contributed by atoms with E-state index < -0.39 is 18.0 Å². The van der Waals surface area contributed by atoms with Gasteiger partial charge >= 0.3 is 5.97 Å². The van der Waals surface area contributed by atoms with Crippen LogP contribution in [0.1, 0.15) is 17.3 Å². The molecule has 1 atom stereocenters. The van der Waals surface area contributed by atoms with Crippen LogP contribution in [0.15, 0.2) is 59.3 Å². The molecule has 0 bridgehead atoms. The summed E-state index contributed by atoms with van der Waals surface area (Å²) in [6, 6.07) is 12.2. The van der Waals surface area contributed by atoms with E-state index in [4.69, 9.17) is 4.74 Å². The van der Waals surface area contributed by atoms with Gasteiger partial charge in [0.2, 0.25) is 0 Å². The highest BCUT2D eigenvalue weighted by Crippen LogP contribution is 2.22. The summed E-state index contributed by atoms with van der Waals surface area (Å²) >= 11 is 3.35. The number of para-hydroxylation sites is 2. The molecule has 0 aliphatic carbocycles. The molecule has 25 heavy (non-hydrogen) atoms. The number of fused-ring (bicyclic) bond motifs is 1. The molecule has 3 rings (SSSR count). The minimum Gasteiger partial charge on any atom is -0.449 e. The third-order valence-electron chi connectivity index (χ3n) is 3.50. The summed E-state index contributed by atoms with van der Waals surface area (Å²) in [6.07, 6.45) is 2.08. The fourth-order valence-electron chi connectivity index (χ4n) is 2.23. The average Bonchev–Trinajstić information content (AvgIpc) is 2.63. The predicted octanol–water partition coefficient (Wildman–Crippen LogP) is 3.58. The molecule has 0 fully saturated rings. The van der Waals surface area contributed by atoms with E-state index in [1.54, 1.807) is 42.6 Å². The van der Waals surface area contributed by atoms with E-state index in [9.17, 15) is 9.59 Å². The maximum Gasteiger partial charge on any atom is 0.341 e. The van der Waals surface area contributed by atoms with Crippen molar-refractivity contribution in [2.75, 3.05) is 5.32 Å². The van der Waals surface area contributed by atoms with Crippen LogP contribution < -0.4 is 5.32 Å². The van der Waals surface area contributed by atoms with Gasteiger partial charge in [0.25, 0.3) is 5.91 Å². The van der Waals surface area contributed by atoms with Crippen molar-refractivity contribution >= 4 is 44.5 Å². The Bertz CT molecular complexity index is 940. The Balaban J connectivity index is 1.74. The van der Waals surface area contributed by atoms with Gasteiger partial charge in [0.15, 0.2) is 6.10 Å². The zero-order chi connectivity index (χ0) is 17.8. The van der Waals surface area contributed by atoms with Crippen molar-refractivity contribution in [2.45, 2.75) is 13.0 Å². The molecule has 0 saturated carbocycles. The van der Waals surface area contributed by atoms with Crippen LogP contribution in [-0.2, 0) is 9.53 Å². The molecule has 1 aromatic heterocycles. The Morgan fingerprint density at radius 3 is 2.64 bits per heavy atom. The molecule has 1 unspecified atom stereocenters. The van der Waals surface area contributed by atoms with Crippen molar-refractivity contribution < 1.29 is 14.3 Å². The highest BCUT2D eigenvalue weighted by molar-refractivity contribution is 9.10. The maximum atomic E-state index is 12.4. The van der Waals surface area contributed by atoms with Crippen LogP contribution in [0.4, 0.5) is 5.69 Å². The average molecular weight is 400 g/mol. The number of carbonyl (C=O) groups excluding carboxylic acids is 2. The van der Waals surface area contributed by atoms with Gasteiger partial charge in [-0.3, -0.25) is 14.8 Å². The smallest absolute Gasteiger partial charge is 0.341 e. The van der Waals surface area contributed by atoms with Crippen molar-refractivity contribution in [3.8, 4) is 0 Å². The quantitative estimate of drug-likeness (QED) is 0.678. The monoisotopic (exact) mass is 399 g/mol. The summed E-state index contributed by atoms with van der Waals surface area (Å²) in [4.78, 5) is 33.0. The lowest BCUT2D eigenvalue weighted by atomic mass is 10.2. The van der Waals surface area contributed by atoms with Gasteiger partial charge in [0, 0.05) is 16.9 Å². The first-order chi connectivity index (χ1) is 12.1.